The lowest BCUT2D eigenvalue weighted by Crippen LogP contribution is -2.01. The zero-order valence-corrected chi connectivity index (χ0v) is 10.9. The highest BCUT2D eigenvalue weighted by molar-refractivity contribution is 5.83. The second kappa shape index (κ2) is 4.31. The highest BCUT2D eigenvalue weighted by Crippen LogP contribution is 2.29. The van der Waals surface area contributed by atoms with E-state index in [9.17, 15) is 0 Å². The Morgan fingerprint density at radius 1 is 1.16 bits per heavy atom. The Balaban J connectivity index is 2.33. The minimum atomic E-state index is 0.688. The van der Waals surface area contributed by atoms with Gasteiger partial charge in [-0.15, -0.1) is 0 Å². The Hall–Kier alpha value is -2.49. The van der Waals surface area contributed by atoms with Crippen LogP contribution in [0.25, 0.3) is 16.6 Å². The summed E-state index contributed by atoms with van der Waals surface area (Å²) in [6.07, 6.45) is 0. The molecule has 2 aromatic carbocycles. The first-order valence-electron chi connectivity index (χ1n) is 6.09. The van der Waals surface area contributed by atoms with E-state index in [-0.39, 0.29) is 0 Å². The van der Waals surface area contributed by atoms with E-state index >= 15 is 0 Å². The van der Waals surface area contributed by atoms with Gasteiger partial charge in [-0.2, -0.15) is 5.10 Å². The summed E-state index contributed by atoms with van der Waals surface area (Å²) in [5.41, 5.74) is 9.45. The molecule has 19 heavy (non-hydrogen) atoms. The van der Waals surface area contributed by atoms with Gasteiger partial charge >= 0.3 is 0 Å². The van der Waals surface area contributed by atoms with Crippen LogP contribution in [-0.4, -0.2) is 16.9 Å². The maximum Gasteiger partial charge on any atom is 0.144 e. The zero-order valence-electron chi connectivity index (χ0n) is 10.9. The molecule has 3 aromatic rings. The maximum atomic E-state index is 5.87. The topological polar surface area (TPSA) is 53.1 Å². The molecule has 0 saturated heterocycles. The molecule has 0 bridgehead atoms. The van der Waals surface area contributed by atoms with Crippen LogP contribution in [0, 0.1) is 6.92 Å². The normalized spacial score (nSPS) is 10.8. The van der Waals surface area contributed by atoms with Gasteiger partial charge in [0.05, 0.1) is 18.3 Å². The molecular formula is C15H15N3O. The summed E-state index contributed by atoms with van der Waals surface area (Å²) >= 11 is 0. The van der Waals surface area contributed by atoms with Crippen LogP contribution in [0.2, 0.25) is 0 Å². The van der Waals surface area contributed by atoms with Crippen LogP contribution >= 0.6 is 0 Å². The van der Waals surface area contributed by atoms with Crippen molar-refractivity contribution >= 4 is 16.6 Å². The van der Waals surface area contributed by atoms with Gasteiger partial charge in [-0.25, -0.2) is 4.68 Å². The van der Waals surface area contributed by atoms with Crippen molar-refractivity contribution in [2.75, 3.05) is 12.8 Å². The molecule has 0 atom stereocenters. The number of fused-ring (bicyclic) bond motifs is 1. The molecule has 0 fully saturated rings. The van der Waals surface area contributed by atoms with Gasteiger partial charge in [0, 0.05) is 11.1 Å². The van der Waals surface area contributed by atoms with E-state index in [1.54, 1.807) is 7.11 Å². The van der Waals surface area contributed by atoms with E-state index in [4.69, 9.17) is 10.5 Å². The highest BCUT2D eigenvalue weighted by Gasteiger charge is 2.12. The van der Waals surface area contributed by atoms with Crippen LogP contribution in [0.3, 0.4) is 0 Å². The fraction of sp³-hybridized carbons (Fsp3) is 0.133. The van der Waals surface area contributed by atoms with Gasteiger partial charge in [-0.3, -0.25) is 0 Å². The third kappa shape index (κ3) is 1.81. The van der Waals surface area contributed by atoms with Crippen LogP contribution in [0.5, 0.6) is 5.75 Å². The largest absolute Gasteiger partial charge is 0.494 e. The number of aryl methyl sites for hydroxylation is 1. The van der Waals surface area contributed by atoms with Crippen LogP contribution in [-0.2, 0) is 0 Å². The maximum absolute atomic E-state index is 5.87. The van der Waals surface area contributed by atoms with Crippen molar-refractivity contribution in [1.82, 2.24) is 9.78 Å². The Kier molecular flexibility index (Phi) is 2.63. The summed E-state index contributed by atoms with van der Waals surface area (Å²) in [5, 5.41) is 5.72. The summed E-state index contributed by atoms with van der Waals surface area (Å²) in [5.74, 6) is 0.752. The van der Waals surface area contributed by atoms with Crippen LogP contribution < -0.4 is 10.5 Å². The molecule has 3 rings (SSSR count). The van der Waals surface area contributed by atoms with Crippen molar-refractivity contribution in [2.24, 2.45) is 0 Å². The van der Waals surface area contributed by atoms with Crippen molar-refractivity contribution in [3.63, 3.8) is 0 Å². The summed E-state index contributed by atoms with van der Waals surface area (Å²) in [7, 11) is 1.65. The Morgan fingerprint density at radius 3 is 2.74 bits per heavy atom. The smallest absolute Gasteiger partial charge is 0.144 e. The second-order valence-corrected chi connectivity index (χ2v) is 4.45. The minimum Gasteiger partial charge on any atom is -0.494 e. The van der Waals surface area contributed by atoms with Gasteiger partial charge in [0.1, 0.15) is 11.4 Å². The summed E-state index contributed by atoms with van der Waals surface area (Å²) in [6, 6.07) is 13.7. The fourth-order valence-corrected chi connectivity index (χ4v) is 2.28. The number of anilines is 1. The van der Waals surface area contributed by atoms with Gasteiger partial charge in [0.15, 0.2) is 0 Å². The van der Waals surface area contributed by atoms with Crippen molar-refractivity contribution in [1.29, 1.82) is 0 Å². The first-order valence-corrected chi connectivity index (χ1v) is 6.09. The van der Waals surface area contributed by atoms with Crippen molar-refractivity contribution in [2.45, 2.75) is 6.92 Å². The third-order valence-electron chi connectivity index (χ3n) is 3.20. The SMILES string of the molecule is COc1ccc(N)cc1-n1nc(C)c2ccccc21. The lowest BCUT2D eigenvalue weighted by atomic mass is 10.2. The number of rotatable bonds is 2. The van der Waals surface area contributed by atoms with Gasteiger partial charge in [-0.05, 0) is 31.2 Å². The highest BCUT2D eigenvalue weighted by atomic mass is 16.5. The van der Waals surface area contributed by atoms with Crippen molar-refractivity contribution < 1.29 is 4.74 Å². The molecule has 1 heterocycles. The molecule has 4 nitrogen and oxygen atoms in total. The number of hydrogen-bond donors (Lipinski definition) is 1. The van der Waals surface area contributed by atoms with Gasteiger partial charge in [0.25, 0.3) is 0 Å². The first-order chi connectivity index (χ1) is 9.20. The molecule has 0 aliphatic rings. The molecule has 0 spiro atoms. The monoisotopic (exact) mass is 253 g/mol. The van der Waals surface area contributed by atoms with Gasteiger partial charge < -0.3 is 10.5 Å². The lowest BCUT2D eigenvalue weighted by molar-refractivity contribution is 0.412. The van der Waals surface area contributed by atoms with E-state index in [0.29, 0.717) is 5.69 Å². The number of hydrogen-bond acceptors (Lipinski definition) is 3. The van der Waals surface area contributed by atoms with Crippen LogP contribution in [0.4, 0.5) is 5.69 Å². The van der Waals surface area contributed by atoms with Crippen molar-refractivity contribution in [3.8, 4) is 11.4 Å². The van der Waals surface area contributed by atoms with E-state index in [1.165, 1.54) is 0 Å². The first kappa shape index (κ1) is 11.6. The fourth-order valence-electron chi connectivity index (χ4n) is 2.28. The summed E-state index contributed by atoms with van der Waals surface area (Å²) in [6.45, 7) is 2.00. The van der Waals surface area contributed by atoms with E-state index in [2.05, 4.69) is 11.2 Å². The molecule has 0 saturated carbocycles. The standard InChI is InChI=1S/C15H15N3O/c1-10-12-5-3-4-6-13(12)18(17-10)14-9-11(16)7-8-15(14)19-2/h3-9H,16H2,1-2H3. The molecule has 0 radical (unpaired) electrons. The molecule has 0 unspecified atom stereocenters. The number of nitrogens with two attached hydrogens (primary N) is 1. The number of nitrogen functional groups attached to an aromatic ring is 1. The Bertz CT molecular complexity index is 746. The molecule has 2 N–H and O–H groups in total. The van der Waals surface area contributed by atoms with Crippen LogP contribution in [0.15, 0.2) is 42.5 Å². The number of benzene rings is 2. The number of para-hydroxylation sites is 1. The molecule has 0 amide bonds. The van der Waals surface area contributed by atoms with Crippen molar-refractivity contribution in [3.05, 3.63) is 48.2 Å². The minimum absolute atomic E-state index is 0.688. The van der Waals surface area contributed by atoms with Gasteiger partial charge in [0.2, 0.25) is 0 Å². The molecular weight excluding hydrogens is 238 g/mol. The molecule has 96 valence electrons. The van der Waals surface area contributed by atoms with E-state index in [1.807, 2.05) is 48.0 Å². The average molecular weight is 253 g/mol. The summed E-state index contributed by atoms with van der Waals surface area (Å²) in [4.78, 5) is 0. The Morgan fingerprint density at radius 2 is 1.95 bits per heavy atom. The number of ether oxygens (including phenoxy) is 1. The predicted octanol–water partition coefficient (Wildman–Crippen LogP) is 2.92. The molecule has 0 aliphatic carbocycles. The quantitative estimate of drug-likeness (QED) is 0.714. The predicted molar refractivity (Wildman–Crippen MR) is 76.8 cm³/mol. The van der Waals surface area contributed by atoms with Gasteiger partial charge in [-0.1, -0.05) is 18.2 Å². The molecule has 1 aromatic heterocycles. The molecule has 0 aliphatic heterocycles. The van der Waals surface area contributed by atoms with Crippen LogP contribution in [0.1, 0.15) is 5.69 Å². The lowest BCUT2D eigenvalue weighted by Gasteiger charge is -2.10. The van der Waals surface area contributed by atoms with E-state index in [0.717, 1.165) is 28.0 Å². The number of aromatic nitrogens is 2. The number of methoxy groups -OCH3 is 1. The second-order valence-electron chi connectivity index (χ2n) is 4.45. The Labute approximate surface area is 111 Å². The zero-order chi connectivity index (χ0) is 13.4. The average Bonchev–Trinajstić information content (AvgIpc) is 2.77. The summed E-state index contributed by atoms with van der Waals surface area (Å²) < 4.78 is 7.27. The number of nitrogens with zero attached hydrogens (tertiary/aromatic N) is 2. The third-order valence-corrected chi connectivity index (χ3v) is 3.20. The van der Waals surface area contributed by atoms with E-state index < -0.39 is 0 Å². The molecule has 4 heteroatoms.